The summed E-state index contributed by atoms with van der Waals surface area (Å²) >= 11 is 5.87. The number of halogens is 2. The molecule has 1 N–H and O–H groups in total. The van der Waals surface area contributed by atoms with E-state index in [9.17, 15) is 17.6 Å². The van der Waals surface area contributed by atoms with Crippen LogP contribution in [0.4, 0.5) is 10.1 Å². The molecule has 1 amide bonds. The van der Waals surface area contributed by atoms with Crippen LogP contribution in [0.5, 0.6) is 0 Å². The van der Waals surface area contributed by atoms with Gasteiger partial charge in [0.25, 0.3) is 5.91 Å². The number of nitrogens with zero attached hydrogens (tertiary/aromatic N) is 2. The van der Waals surface area contributed by atoms with Crippen molar-refractivity contribution in [2.45, 2.75) is 13.8 Å². The van der Waals surface area contributed by atoms with Crippen LogP contribution in [0.2, 0.25) is 5.02 Å². The molecule has 0 aliphatic rings. The van der Waals surface area contributed by atoms with E-state index >= 15 is 0 Å². The molecule has 0 aliphatic carbocycles. The van der Waals surface area contributed by atoms with E-state index in [1.54, 1.807) is 18.2 Å². The van der Waals surface area contributed by atoms with E-state index in [0.29, 0.717) is 5.69 Å². The molecule has 0 radical (unpaired) electrons. The molecule has 0 atom stereocenters. The Labute approximate surface area is 162 Å². The Morgan fingerprint density at radius 2 is 1.96 bits per heavy atom. The lowest BCUT2D eigenvalue weighted by Gasteiger charge is -2.22. The first-order chi connectivity index (χ1) is 12.6. The summed E-state index contributed by atoms with van der Waals surface area (Å²) in [6.45, 7) is 3.28. The van der Waals surface area contributed by atoms with Crippen LogP contribution in [0.3, 0.4) is 0 Å². The van der Waals surface area contributed by atoms with Gasteiger partial charge in [0, 0.05) is 5.56 Å². The number of nitrogens with one attached hydrogen (secondary N) is 1. The molecule has 0 bridgehead atoms. The average molecular weight is 412 g/mol. The van der Waals surface area contributed by atoms with Gasteiger partial charge in [-0.25, -0.2) is 18.2 Å². The SMILES string of the molecule is Cc1ccc(N(CC(=O)N/N=C/c2c(F)cccc2Cl)S(C)(=O)=O)cc1C. The second-order valence-electron chi connectivity index (χ2n) is 5.97. The summed E-state index contributed by atoms with van der Waals surface area (Å²) in [5, 5.41) is 3.79. The van der Waals surface area contributed by atoms with Crippen molar-refractivity contribution >= 4 is 39.4 Å². The van der Waals surface area contributed by atoms with Crippen LogP contribution in [-0.2, 0) is 14.8 Å². The third-order valence-corrected chi connectivity index (χ3v) is 5.32. The molecule has 0 saturated heterocycles. The van der Waals surface area contributed by atoms with Crippen molar-refractivity contribution in [3.63, 3.8) is 0 Å². The smallest absolute Gasteiger partial charge is 0.260 e. The maximum atomic E-state index is 13.7. The molecule has 0 unspecified atom stereocenters. The second-order valence-corrected chi connectivity index (χ2v) is 8.28. The van der Waals surface area contributed by atoms with Gasteiger partial charge in [0.05, 0.1) is 23.2 Å². The molecule has 6 nitrogen and oxygen atoms in total. The maximum Gasteiger partial charge on any atom is 0.260 e. The van der Waals surface area contributed by atoms with Gasteiger partial charge in [-0.1, -0.05) is 23.7 Å². The van der Waals surface area contributed by atoms with Crippen molar-refractivity contribution in [1.29, 1.82) is 0 Å². The summed E-state index contributed by atoms with van der Waals surface area (Å²) in [6.07, 6.45) is 2.08. The molecule has 0 aromatic heterocycles. The normalized spacial score (nSPS) is 11.6. The molecular formula is C18H19ClFN3O3S. The first-order valence-corrected chi connectivity index (χ1v) is 10.1. The minimum atomic E-state index is -3.69. The third-order valence-electron chi connectivity index (χ3n) is 3.85. The van der Waals surface area contributed by atoms with Crippen molar-refractivity contribution in [3.8, 4) is 0 Å². The van der Waals surface area contributed by atoms with Crippen LogP contribution in [-0.4, -0.2) is 33.3 Å². The van der Waals surface area contributed by atoms with Gasteiger partial charge >= 0.3 is 0 Å². The lowest BCUT2D eigenvalue weighted by Crippen LogP contribution is -2.39. The lowest BCUT2D eigenvalue weighted by atomic mass is 10.1. The maximum absolute atomic E-state index is 13.7. The molecule has 0 fully saturated rings. The van der Waals surface area contributed by atoms with Crippen LogP contribution >= 0.6 is 11.6 Å². The van der Waals surface area contributed by atoms with Crippen molar-refractivity contribution in [2.75, 3.05) is 17.1 Å². The number of amides is 1. The number of carbonyl (C=O) groups excluding carboxylic acids is 1. The number of carbonyl (C=O) groups is 1. The number of anilines is 1. The first-order valence-electron chi connectivity index (χ1n) is 7.90. The predicted molar refractivity (Wildman–Crippen MR) is 105 cm³/mol. The van der Waals surface area contributed by atoms with Crippen LogP contribution in [0.25, 0.3) is 0 Å². The molecule has 9 heteroatoms. The summed E-state index contributed by atoms with van der Waals surface area (Å²) < 4.78 is 38.8. The number of benzene rings is 2. The third kappa shape index (κ3) is 5.51. The van der Waals surface area contributed by atoms with E-state index in [0.717, 1.165) is 27.9 Å². The van der Waals surface area contributed by atoms with Gasteiger partial charge in [-0.3, -0.25) is 9.10 Å². The summed E-state index contributed by atoms with van der Waals surface area (Å²) in [7, 11) is -3.69. The van der Waals surface area contributed by atoms with E-state index in [1.165, 1.54) is 18.2 Å². The quantitative estimate of drug-likeness (QED) is 0.586. The van der Waals surface area contributed by atoms with E-state index in [4.69, 9.17) is 11.6 Å². The molecule has 0 spiro atoms. The fourth-order valence-corrected chi connectivity index (χ4v) is 3.31. The number of aryl methyl sites for hydroxylation is 2. The molecule has 0 saturated carbocycles. The number of hydrogen-bond donors (Lipinski definition) is 1. The van der Waals surface area contributed by atoms with Gasteiger partial charge in [-0.2, -0.15) is 5.10 Å². The number of rotatable bonds is 6. The molecular weight excluding hydrogens is 393 g/mol. The largest absolute Gasteiger partial charge is 0.271 e. The highest BCUT2D eigenvalue weighted by Crippen LogP contribution is 2.21. The Morgan fingerprint density at radius 1 is 1.26 bits per heavy atom. The van der Waals surface area contributed by atoms with Gasteiger partial charge in [-0.05, 0) is 49.2 Å². The summed E-state index contributed by atoms with van der Waals surface area (Å²) in [4.78, 5) is 12.1. The zero-order valence-electron chi connectivity index (χ0n) is 15.0. The Hall–Kier alpha value is -2.45. The number of sulfonamides is 1. The minimum absolute atomic E-state index is 0.0218. The Bertz CT molecular complexity index is 973. The highest BCUT2D eigenvalue weighted by Gasteiger charge is 2.21. The van der Waals surface area contributed by atoms with Gasteiger partial charge in [0.2, 0.25) is 10.0 Å². The minimum Gasteiger partial charge on any atom is -0.271 e. The zero-order valence-corrected chi connectivity index (χ0v) is 16.6. The highest BCUT2D eigenvalue weighted by molar-refractivity contribution is 7.92. The van der Waals surface area contributed by atoms with Crippen LogP contribution in [0.15, 0.2) is 41.5 Å². The van der Waals surface area contributed by atoms with Crippen LogP contribution in [0.1, 0.15) is 16.7 Å². The molecule has 0 heterocycles. The average Bonchev–Trinajstić information content (AvgIpc) is 2.57. The lowest BCUT2D eigenvalue weighted by molar-refractivity contribution is -0.119. The Kier molecular flexibility index (Phi) is 6.56. The Balaban J connectivity index is 2.15. The standard InChI is InChI=1S/C18H19ClFN3O3S/c1-12-7-8-14(9-13(12)2)23(27(3,25)26)11-18(24)22-21-10-15-16(19)5-4-6-17(15)20/h4-10H,11H2,1-3H3,(H,22,24)/b21-10+. The van der Waals surface area contributed by atoms with E-state index in [2.05, 4.69) is 10.5 Å². The van der Waals surface area contributed by atoms with Crippen molar-refractivity contribution in [1.82, 2.24) is 5.43 Å². The molecule has 2 aromatic carbocycles. The van der Waals surface area contributed by atoms with E-state index < -0.39 is 28.3 Å². The van der Waals surface area contributed by atoms with Crippen LogP contribution < -0.4 is 9.73 Å². The van der Waals surface area contributed by atoms with Gasteiger partial charge in [0.15, 0.2) is 0 Å². The van der Waals surface area contributed by atoms with E-state index in [1.807, 2.05) is 13.8 Å². The van der Waals surface area contributed by atoms with Gasteiger partial charge in [-0.15, -0.1) is 0 Å². The molecule has 2 rings (SSSR count). The fraction of sp³-hybridized carbons (Fsp3) is 0.222. The molecule has 2 aromatic rings. The number of hydrogen-bond acceptors (Lipinski definition) is 4. The fourth-order valence-electron chi connectivity index (χ4n) is 2.25. The second kappa shape index (κ2) is 8.49. The number of hydrazone groups is 1. The van der Waals surface area contributed by atoms with Crippen LogP contribution in [0, 0.1) is 19.7 Å². The molecule has 0 aliphatic heterocycles. The van der Waals surface area contributed by atoms with Gasteiger partial charge < -0.3 is 0 Å². The first kappa shape index (κ1) is 20.9. The summed E-state index contributed by atoms with van der Waals surface area (Å²) in [5.74, 6) is -1.27. The van der Waals surface area contributed by atoms with Crippen molar-refractivity contribution in [2.24, 2.45) is 5.10 Å². The van der Waals surface area contributed by atoms with Crippen molar-refractivity contribution < 1.29 is 17.6 Å². The van der Waals surface area contributed by atoms with Crippen molar-refractivity contribution in [3.05, 3.63) is 63.9 Å². The highest BCUT2D eigenvalue weighted by atomic mass is 35.5. The van der Waals surface area contributed by atoms with Gasteiger partial charge in [0.1, 0.15) is 12.4 Å². The summed E-state index contributed by atoms with van der Waals surface area (Å²) in [5.41, 5.74) is 4.48. The zero-order chi connectivity index (χ0) is 20.2. The topological polar surface area (TPSA) is 78.8 Å². The summed E-state index contributed by atoms with van der Waals surface area (Å²) in [6, 6.07) is 9.23. The van der Waals surface area contributed by atoms with E-state index in [-0.39, 0.29) is 10.6 Å². The Morgan fingerprint density at radius 3 is 2.56 bits per heavy atom. The molecule has 27 heavy (non-hydrogen) atoms. The molecule has 144 valence electrons. The monoisotopic (exact) mass is 411 g/mol. The predicted octanol–water partition coefficient (Wildman–Crippen LogP) is 3.01.